The molecule has 0 unspecified atom stereocenters. The van der Waals surface area contributed by atoms with Gasteiger partial charge in [0, 0.05) is 31.1 Å². The molecule has 8 N–H and O–H groups in total. The maximum absolute atomic E-state index is 13.2. The van der Waals surface area contributed by atoms with Crippen LogP contribution in [-0.2, 0) is 25.7 Å². The molecule has 0 spiro atoms. The summed E-state index contributed by atoms with van der Waals surface area (Å²) in [7, 11) is 1.76. The second-order valence-electron chi connectivity index (χ2n) is 9.48. The molecular formula is C25H27N9O7. The molecule has 0 radical (unpaired) electrons. The van der Waals surface area contributed by atoms with Crippen LogP contribution in [0.5, 0.6) is 0 Å². The van der Waals surface area contributed by atoms with Gasteiger partial charge in [-0.1, -0.05) is 0 Å². The van der Waals surface area contributed by atoms with Crippen LogP contribution in [0.4, 0.5) is 17.5 Å². The molecule has 1 aromatic carbocycles. The van der Waals surface area contributed by atoms with E-state index in [-0.39, 0.29) is 42.4 Å². The Balaban J connectivity index is 1.52. The van der Waals surface area contributed by atoms with E-state index in [4.69, 9.17) is 16.6 Å². The van der Waals surface area contributed by atoms with Gasteiger partial charge in [-0.3, -0.25) is 19.2 Å². The number of Topliss-reactive ketones (excluding diaryl/α,β-unsaturated/α-hetero) is 1. The van der Waals surface area contributed by atoms with Crippen LogP contribution in [0.1, 0.15) is 41.7 Å². The fourth-order valence-corrected chi connectivity index (χ4v) is 4.44. The number of carbonyl (C=O) groups is 5. The van der Waals surface area contributed by atoms with Gasteiger partial charge in [-0.15, -0.1) is 0 Å². The predicted molar refractivity (Wildman–Crippen MR) is 143 cm³/mol. The second-order valence-corrected chi connectivity index (χ2v) is 9.48. The zero-order chi connectivity index (χ0) is 29.9. The van der Waals surface area contributed by atoms with Crippen molar-refractivity contribution in [2.24, 2.45) is 0 Å². The van der Waals surface area contributed by atoms with Crippen molar-refractivity contribution >= 4 is 58.2 Å². The Morgan fingerprint density at radius 1 is 1.12 bits per heavy atom. The van der Waals surface area contributed by atoms with E-state index in [9.17, 15) is 29.1 Å². The van der Waals surface area contributed by atoms with Gasteiger partial charge in [0.25, 0.3) is 5.91 Å². The molecule has 214 valence electrons. The quantitative estimate of drug-likeness (QED) is 0.160. The molecule has 0 saturated carbocycles. The van der Waals surface area contributed by atoms with E-state index in [0.29, 0.717) is 16.9 Å². The lowest BCUT2D eigenvalue weighted by Crippen LogP contribution is -2.64. The molecule has 16 nitrogen and oxygen atoms in total. The van der Waals surface area contributed by atoms with E-state index < -0.39 is 54.0 Å². The van der Waals surface area contributed by atoms with E-state index in [1.807, 2.05) is 0 Å². The van der Waals surface area contributed by atoms with E-state index >= 15 is 0 Å². The van der Waals surface area contributed by atoms with Crippen LogP contribution in [0.25, 0.3) is 11.2 Å². The highest BCUT2D eigenvalue weighted by Gasteiger charge is 2.51. The van der Waals surface area contributed by atoms with Crippen LogP contribution in [0, 0.1) is 0 Å². The minimum absolute atomic E-state index is 0.00848. The van der Waals surface area contributed by atoms with Crippen LogP contribution in [0.2, 0.25) is 0 Å². The molecule has 0 bridgehead atoms. The lowest BCUT2D eigenvalue weighted by Gasteiger charge is -2.31. The molecule has 4 rings (SSSR count). The van der Waals surface area contributed by atoms with E-state index in [1.54, 1.807) is 24.1 Å². The average molecular weight is 566 g/mol. The summed E-state index contributed by atoms with van der Waals surface area (Å²) in [5.74, 6) is -5.34. The van der Waals surface area contributed by atoms with Crippen LogP contribution in [0.3, 0.4) is 0 Å². The number of nitrogens with two attached hydrogens (primary N) is 2. The van der Waals surface area contributed by atoms with Crippen LogP contribution >= 0.6 is 0 Å². The first-order chi connectivity index (χ1) is 19.4. The van der Waals surface area contributed by atoms with Gasteiger partial charge >= 0.3 is 11.9 Å². The van der Waals surface area contributed by atoms with E-state index in [0.717, 1.165) is 0 Å². The summed E-state index contributed by atoms with van der Waals surface area (Å²) in [6.45, 7) is 0.289. The van der Waals surface area contributed by atoms with Crippen LogP contribution < -0.4 is 27.0 Å². The van der Waals surface area contributed by atoms with Crippen molar-refractivity contribution < 1.29 is 34.2 Å². The first-order valence-electron chi connectivity index (χ1n) is 12.4. The average Bonchev–Trinajstić information content (AvgIpc) is 3.36. The van der Waals surface area contributed by atoms with Crippen molar-refractivity contribution in [2.45, 2.75) is 43.8 Å². The highest BCUT2D eigenvalue weighted by Crippen LogP contribution is 2.24. The van der Waals surface area contributed by atoms with Crippen LogP contribution in [0.15, 0.2) is 30.5 Å². The number of anilines is 3. The fourth-order valence-electron chi connectivity index (χ4n) is 4.44. The number of hydrogen-bond donors (Lipinski definition) is 6. The largest absolute Gasteiger partial charge is 0.481 e. The molecule has 3 aromatic rings. The number of aromatic nitrogens is 4. The number of nitrogens with zero attached hydrogens (tertiary/aromatic N) is 5. The Labute approximate surface area is 232 Å². The molecule has 41 heavy (non-hydrogen) atoms. The third-order valence-electron chi connectivity index (χ3n) is 6.61. The van der Waals surface area contributed by atoms with E-state index in [1.165, 1.54) is 18.3 Å². The van der Waals surface area contributed by atoms with Gasteiger partial charge in [-0.05, 0) is 37.1 Å². The lowest BCUT2D eigenvalue weighted by molar-refractivity contribution is -0.151. The number of fused-ring (bicyclic) bond motifs is 1. The fraction of sp³-hybridized carbons (Fsp3) is 0.320. The summed E-state index contributed by atoms with van der Waals surface area (Å²) in [5.41, 5.74) is 10.7. The molecule has 1 aliphatic heterocycles. The van der Waals surface area contributed by atoms with Gasteiger partial charge in [0.2, 0.25) is 11.9 Å². The van der Waals surface area contributed by atoms with Gasteiger partial charge in [0.1, 0.15) is 0 Å². The molecule has 1 aliphatic rings. The van der Waals surface area contributed by atoms with Gasteiger partial charge < -0.3 is 37.2 Å². The topological polar surface area (TPSA) is 257 Å². The Morgan fingerprint density at radius 2 is 1.83 bits per heavy atom. The Bertz CT molecular complexity index is 1550. The first kappa shape index (κ1) is 28.6. The SMILES string of the molecule is CN(Cc1cnc2nc(N)nc(N)c2n1)c1ccc(C(=O)N[C@@](CCC(=O)O)(C(=O)O)C(=O)[C@@H]2CCC(=O)N2)cc1. The molecule has 2 atom stereocenters. The molecule has 0 aliphatic carbocycles. The van der Waals surface area contributed by atoms with Gasteiger partial charge in [0.05, 0.1) is 24.5 Å². The number of hydrogen-bond acceptors (Lipinski definition) is 12. The molecule has 2 aromatic heterocycles. The monoisotopic (exact) mass is 565 g/mol. The zero-order valence-electron chi connectivity index (χ0n) is 21.8. The summed E-state index contributed by atoms with van der Waals surface area (Å²) < 4.78 is 0. The maximum atomic E-state index is 13.2. The molecule has 16 heteroatoms. The van der Waals surface area contributed by atoms with Crippen molar-refractivity contribution in [1.29, 1.82) is 0 Å². The number of aliphatic carboxylic acids is 2. The number of carboxylic acids is 2. The highest BCUT2D eigenvalue weighted by atomic mass is 16.4. The summed E-state index contributed by atoms with van der Waals surface area (Å²) in [5, 5.41) is 23.8. The van der Waals surface area contributed by atoms with Crippen molar-refractivity contribution in [1.82, 2.24) is 30.6 Å². The number of ketones is 1. The Hall–Kier alpha value is -5.41. The minimum atomic E-state index is -2.56. The number of carbonyl (C=O) groups excluding carboxylic acids is 3. The van der Waals surface area contributed by atoms with Gasteiger partial charge in [-0.25, -0.2) is 14.8 Å². The smallest absolute Gasteiger partial charge is 0.337 e. The summed E-state index contributed by atoms with van der Waals surface area (Å²) in [4.78, 5) is 79.9. The molecule has 1 saturated heterocycles. The number of rotatable bonds is 11. The van der Waals surface area contributed by atoms with Crippen molar-refractivity contribution in [3.05, 3.63) is 41.7 Å². The summed E-state index contributed by atoms with van der Waals surface area (Å²) in [6, 6.07) is 4.88. The van der Waals surface area contributed by atoms with Crippen LogP contribution in [-0.4, -0.2) is 78.3 Å². The zero-order valence-corrected chi connectivity index (χ0v) is 21.8. The number of carboxylic acid groups (broad SMARTS) is 2. The third kappa shape index (κ3) is 6.10. The summed E-state index contributed by atoms with van der Waals surface area (Å²) >= 11 is 0. The summed E-state index contributed by atoms with van der Waals surface area (Å²) in [6.07, 6.45) is 0.148. The third-order valence-corrected chi connectivity index (χ3v) is 6.61. The lowest BCUT2D eigenvalue weighted by atomic mass is 9.83. The highest BCUT2D eigenvalue weighted by molar-refractivity contribution is 6.15. The van der Waals surface area contributed by atoms with Gasteiger partial charge in [0.15, 0.2) is 28.3 Å². The minimum Gasteiger partial charge on any atom is -0.481 e. The van der Waals surface area contributed by atoms with Crippen molar-refractivity contribution in [3.63, 3.8) is 0 Å². The van der Waals surface area contributed by atoms with Crippen molar-refractivity contribution in [2.75, 3.05) is 23.4 Å². The molecule has 1 fully saturated rings. The molecule has 2 amide bonds. The normalized spacial score (nSPS) is 16.0. The standard InChI is InChI=1S/C25H27N9O7/c1-34(11-13-10-28-21-18(29-13)20(26)31-24(27)32-21)14-4-2-12(3-5-14)22(39)33-25(23(40)41,9-8-17(36)37)19(38)15-6-7-16(35)30-15/h2-5,10,15H,6-9,11H2,1H3,(H,30,35)(H,33,39)(H,36,37)(H,40,41)(H4,26,27,28,31,32)/t15-,25+/m0/s1. The number of nitrogen functional groups attached to an aromatic ring is 2. The first-order valence-corrected chi connectivity index (χ1v) is 12.4. The van der Waals surface area contributed by atoms with Gasteiger partial charge in [-0.2, -0.15) is 9.97 Å². The van der Waals surface area contributed by atoms with E-state index in [2.05, 4.69) is 30.6 Å². The molecular weight excluding hydrogens is 538 g/mol. The maximum Gasteiger partial charge on any atom is 0.337 e. The number of benzene rings is 1. The number of nitrogens with one attached hydrogen (secondary N) is 2. The number of amides is 2. The predicted octanol–water partition coefficient (Wildman–Crippen LogP) is -0.514. The molecule has 3 heterocycles. The van der Waals surface area contributed by atoms with Crippen molar-refractivity contribution in [3.8, 4) is 0 Å². The second kappa shape index (κ2) is 11.4. The Morgan fingerprint density at radius 3 is 2.44 bits per heavy atom. The Kier molecular flexibility index (Phi) is 7.93.